The molecule has 0 spiro atoms. The van der Waals surface area contributed by atoms with E-state index in [1.807, 2.05) is 12.1 Å². The molecule has 3 aromatic heterocycles. The van der Waals surface area contributed by atoms with Crippen molar-refractivity contribution in [2.45, 2.75) is 6.23 Å². The molecule has 0 fully saturated rings. The number of hydrogen-bond acceptors (Lipinski definition) is 7. The first-order valence-electron chi connectivity index (χ1n) is 7.21. The second-order valence-electron chi connectivity index (χ2n) is 5.19. The Labute approximate surface area is 138 Å². The van der Waals surface area contributed by atoms with E-state index in [-0.39, 0.29) is 5.71 Å². The molecule has 0 saturated carbocycles. The first-order chi connectivity index (χ1) is 11.6. The lowest BCUT2D eigenvalue weighted by molar-refractivity contribution is 0.186. The molecule has 1 unspecified atom stereocenters. The lowest BCUT2D eigenvalue weighted by Crippen LogP contribution is -2.12. The van der Waals surface area contributed by atoms with Crippen molar-refractivity contribution < 1.29 is 5.11 Å². The molecule has 3 rings (SSSR count). The summed E-state index contributed by atoms with van der Waals surface area (Å²) in [4.78, 5) is 12.5. The minimum absolute atomic E-state index is 0.127. The summed E-state index contributed by atoms with van der Waals surface area (Å²) in [6.07, 6.45) is 5.25. The van der Waals surface area contributed by atoms with Crippen molar-refractivity contribution in [1.29, 1.82) is 5.41 Å². The summed E-state index contributed by atoms with van der Waals surface area (Å²) < 4.78 is 0. The Balaban J connectivity index is 2.02. The van der Waals surface area contributed by atoms with Crippen LogP contribution >= 0.6 is 0 Å². The molecule has 24 heavy (non-hydrogen) atoms. The van der Waals surface area contributed by atoms with Crippen molar-refractivity contribution >= 4 is 11.4 Å². The van der Waals surface area contributed by atoms with Gasteiger partial charge in [0.2, 0.25) is 0 Å². The van der Waals surface area contributed by atoms with Gasteiger partial charge in [0.1, 0.15) is 6.23 Å². The molecule has 3 aromatic rings. The number of pyridine rings is 3. The van der Waals surface area contributed by atoms with E-state index in [1.165, 1.54) is 12.4 Å². The van der Waals surface area contributed by atoms with Crippen molar-refractivity contribution in [2.75, 3.05) is 5.73 Å². The van der Waals surface area contributed by atoms with Crippen molar-refractivity contribution in [3.05, 3.63) is 71.9 Å². The highest BCUT2D eigenvalue weighted by atomic mass is 16.3. The van der Waals surface area contributed by atoms with Gasteiger partial charge in [-0.25, -0.2) is 0 Å². The molecular formula is C17H16N6O. The van der Waals surface area contributed by atoms with Gasteiger partial charge in [0, 0.05) is 29.7 Å². The second-order valence-corrected chi connectivity index (χ2v) is 5.19. The lowest BCUT2D eigenvalue weighted by Gasteiger charge is -2.11. The first-order valence-corrected chi connectivity index (χ1v) is 7.21. The van der Waals surface area contributed by atoms with Gasteiger partial charge in [-0.3, -0.25) is 20.4 Å². The molecule has 7 nitrogen and oxygen atoms in total. The Bertz CT molecular complexity index is 879. The van der Waals surface area contributed by atoms with Crippen LogP contribution in [0.4, 0.5) is 5.69 Å². The van der Waals surface area contributed by atoms with Crippen LogP contribution in [-0.4, -0.2) is 25.8 Å². The third-order valence-corrected chi connectivity index (χ3v) is 3.54. The van der Waals surface area contributed by atoms with Crippen LogP contribution in [0, 0.1) is 5.41 Å². The molecule has 1 atom stereocenters. The molecule has 0 aromatic carbocycles. The van der Waals surface area contributed by atoms with Crippen molar-refractivity contribution in [2.24, 2.45) is 5.73 Å². The van der Waals surface area contributed by atoms with E-state index >= 15 is 0 Å². The van der Waals surface area contributed by atoms with Gasteiger partial charge in [0.25, 0.3) is 0 Å². The Morgan fingerprint density at radius 1 is 1.12 bits per heavy atom. The number of aliphatic hydroxyl groups is 1. The molecule has 6 N–H and O–H groups in total. The van der Waals surface area contributed by atoms with Gasteiger partial charge in [0.05, 0.1) is 29.0 Å². The smallest absolute Gasteiger partial charge is 0.128 e. The van der Waals surface area contributed by atoms with Crippen molar-refractivity contribution in [3.8, 4) is 11.3 Å². The zero-order chi connectivity index (χ0) is 17.1. The van der Waals surface area contributed by atoms with Gasteiger partial charge in [-0.1, -0.05) is 0 Å². The van der Waals surface area contributed by atoms with Crippen LogP contribution < -0.4 is 11.5 Å². The average Bonchev–Trinajstić information content (AvgIpc) is 2.62. The Kier molecular flexibility index (Phi) is 4.28. The normalized spacial score (nSPS) is 11.9. The van der Waals surface area contributed by atoms with Gasteiger partial charge in [-0.2, -0.15) is 0 Å². The number of hydrogen-bond donors (Lipinski definition) is 4. The number of nitrogens with one attached hydrogen (secondary N) is 1. The number of nitrogens with zero attached hydrogens (tertiary/aromatic N) is 3. The molecule has 120 valence electrons. The molecule has 0 radical (unpaired) electrons. The van der Waals surface area contributed by atoms with Gasteiger partial charge in [-0.05, 0) is 35.9 Å². The highest BCUT2D eigenvalue weighted by Gasteiger charge is 2.14. The molecule has 0 amide bonds. The number of nitrogens with two attached hydrogens (primary N) is 2. The van der Waals surface area contributed by atoms with Crippen LogP contribution in [0.2, 0.25) is 0 Å². The van der Waals surface area contributed by atoms with Gasteiger partial charge in [0.15, 0.2) is 0 Å². The maximum Gasteiger partial charge on any atom is 0.128 e. The minimum atomic E-state index is -1.12. The third kappa shape index (κ3) is 3.12. The predicted octanol–water partition coefficient (Wildman–Crippen LogP) is 1.49. The summed E-state index contributed by atoms with van der Waals surface area (Å²) in [5, 5.41) is 17.9. The van der Waals surface area contributed by atoms with Crippen LogP contribution in [0.3, 0.4) is 0 Å². The number of aliphatic hydroxyl groups excluding tert-OH is 1. The summed E-state index contributed by atoms with van der Waals surface area (Å²) in [5.41, 5.74) is 14.8. The standard InChI is InChI=1S/C17H16N6O/c18-13-9-23-14(11-2-1-4-21-8-11)7-12(13)16(19)15-6-10(17(20)24)3-5-22-15/h1-9,17,19,24H,18,20H2. The Morgan fingerprint density at radius 2 is 1.96 bits per heavy atom. The maximum absolute atomic E-state index is 9.49. The van der Waals surface area contributed by atoms with Crippen LogP contribution in [0.25, 0.3) is 11.3 Å². The number of aromatic nitrogens is 3. The summed E-state index contributed by atoms with van der Waals surface area (Å²) >= 11 is 0. The quantitative estimate of drug-likeness (QED) is 0.425. The maximum atomic E-state index is 9.49. The minimum Gasteiger partial charge on any atom is -0.397 e. The van der Waals surface area contributed by atoms with Crippen molar-refractivity contribution in [1.82, 2.24) is 15.0 Å². The fourth-order valence-corrected chi connectivity index (χ4v) is 2.26. The fourth-order valence-electron chi connectivity index (χ4n) is 2.26. The van der Waals surface area contributed by atoms with Crippen LogP contribution in [0.15, 0.2) is 55.1 Å². The van der Waals surface area contributed by atoms with E-state index in [0.29, 0.717) is 28.2 Å². The van der Waals surface area contributed by atoms with Gasteiger partial charge < -0.3 is 16.6 Å². The highest BCUT2D eigenvalue weighted by molar-refractivity contribution is 6.13. The van der Waals surface area contributed by atoms with Crippen LogP contribution in [0.5, 0.6) is 0 Å². The zero-order valence-electron chi connectivity index (χ0n) is 12.7. The van der Waals surface area contributed by atoms with Crippen LogP contribution in [-0.2, 0) is 0 Å². The van der Waals surface area contributed by atoms with E-state index in [9.17, 15) is 5.11 Å². The summed E-state index contributed by atoms with van der Waals surface area (Å²) in [6, 6.07) is 8.57. The summed E-state index contributed by atoms with van der Waals surface area (Å²) in [6.45, 7) is 0. The number of rotatable bonds is 4. The van der Waals surface area contributed by atoms with Crippen molar-refractivity contribution in [3.63, 3.8) is 0 Å². The SMILES string of the molecule is N=C(c1cc(C(N)O)ccn1)c1cc(-c2cccnc2)ncc1N. The summed E-state index contributed by atoms with van der Waals surface area (Å²) in [5.74, 6) is 0. The molecular weight excluding hydrogens is 304 g/mol. The Hall–Kier alpha value is -3.16. The molecule has 3 heterocycles. The third-order valence-electron chi connectivity index (χ3n) is 3.54. The Morgan fingerprint density at radius 3 is 2.67 bits per heavy atom. The van der Waals surface area contributed by atoms with E-state index in [0.717, 1.165) is 5.56 Å². The van der Waals surface area contributed by atoms with Gasteiger partial charge in [-0.15, -0.1) is 0 Å². The highest BCUT2D eigenvalue weighted by Crippen LogP contribution is 2.22. The molecule has 0 bridgehead atoms. The zero-order valence-corrected chi connectivity index (χ0v) is 12.7. The first kappa shape index (κ1) is 15.7. The lowest BCUT2D eigenvalue weighted by atomic mass is 10.0. The second kappa shape index (κ2) is 6.53. The predicted molar refractivity (Wildman–Crippen MR) is 91.2 cm³/mol. The van der Waals surface area contributed by atoms with Gasteiger partial charge >= 0.3 is 0 Å². The van der Waals surface area contributed by atoms with E-state index in [4.69, 9.17) is 16.9 Å². The van der Waals surface area contributed by atoms with E-state index in [1.54, 1.807) is 30.6 Å². The molecule has 7 heteroatoms. The summed E-state index contributed by atoms with van der Waals surface area (Å²) in [7, 11) is 0. The fraction of sp³-hybridized carbons (Fsp3) is 0.0588. The van der Waals surface area contributed by atoms with Crippen LogP contribution in [0.1, 0.15) is 23.0 Å². The molecule has 0 aliphatic carbocycles. The van der Waals surface area contributed by atoms with E-state index in [2.05, 4.69) is 15.0 Å². The number of nitrogen functional groups attached to an aromatic ring is 1. The molecule has 0 saturated heterocycles. The topological polar surface area (TPSA) is 135 Å². The van der Waals surface area contributed by atoms with E-state index < -0.39 is 6.23 Å². The monoisotopic (exact) mass is 320 g/mol. The molecule has 0 aliphatic rings. The number of anilines is 1. The largest absolute Gasteiger partial charge is 0.397 e. The molecule has 0 aliphatic heterocycles. The average molecular weight is 320 g/mol.